The third kappa shape index (κ3) is 2.57. The van der Waals surface area contributed by atoms with Gasteiger partial charge in [0, 0.05) is 25.2 Å². The predicted molar refractivity (Wildman–Crippen MR) is 90.5 cm³/mol. The molecule has 4 rings (SSSR count). The van der Waals surface area contributed by atoms with E-state index in [-0.39, 0.29) is 11.7 Å². The Kier molecular flexibility index (Phi) is 3.60. The summed E-state index contributed by atoms with van der Waals surface area (Å²) in [6.45, 7) is 0.716. The summed E-state index contributed by atoms with van der Waals surface area (Å²) >= 11 is 0. The minimum atomic E-state index is -0.0876. The number of hydrogen-bond acceptors (Lipinski definition) is 4. The van der Waals surface area contributed by atoms with Crippen molar-refractivity contribution in [2.24, 2.45) is 7.05 Å². The number of hydrogen-bond donors (Lipinski definition) is 0. The van der Waals surface area contributed by atoms with Crippen molar-refractivity contribution in [1.29, 1.82) is 0 Å². The molecule has 1 atom stereocenters. The smallest absolute Gasteiger partial charge is 0.261 e. The van der Waals surface area contributed by atoms with Gasteiger partial charge in [-0.2, -0.15) is 0 Å². The molecule has 0 radical (unpaired) electrons. The van der Waals surface area contributed by atoms with Crippen molar-refractivity contribution in [1.82, 2.24) is 14.5 Å². The molecule has 0 N–H and O–H groups in total. The Bertz CT molecular complexity index is 1030. The first-order valence-electron chi connectivity index (χ1n) is 7.78. The maximum absolute atomic E-state index is 12.5. The van der Waals surface area contributed by atoms with Gasteiger partial charge in [-0.1, -0.05) is 12.0 Å². The van der Waals surface area contributed by atoms with Gasteiger partial charge in [0.05, 0.1) is 17.5 Å². The van der Waals surface area contributed by atoms with E-state index in [4.69, 9.17) is 4.74 Å². The molecule has 1 aliphatic rings. The zero-order valence-electron chi connectivity index (χ0n) is 13.2. The highest BCUT2D eigenvalue weighted by Gasteiger charge is 2.25. The molecule has 24 heavy (non-hydrogen) atoms. The highest BCUT2D eigenvalue weighted by atomic mass is 16.5. The molecule has 1 aromatic carbocycles. The van der Waals surface area contributed by atoms with Crippen molar-refractivity contribution in [3.63, 3.8) is 0 Å². The third-order valence-electron chi connectivity index (χ3n) is 4.10. The molecule has 0 spiro atoms. The molecule has 2 aromatic heterocycles. The number of aromatic nitrogens is 3. The van der Waals surface area contributed by atoms with Gasteiger partial charge in [0.25, 0.3) is 5.56 Å². The highest BCUT2D eigenvalue weighted by molar-refractivity contribution is 5.79. The molecule has 5 nitrogen and oxygen atoms in total. The zero-order valence-corrected chi connectivity index (χ0v) is 13.2. The largest absolute Gasteiger partial charge is 0.370 e. The summed E-state index contributed by atoms with van der Waals surface area (Å²) in [4.78, 5) is 21.3. The average molecular weight is 317 g/mol. The van der Waals surface area contributed by atoms with Crippen LogP contribution in [0.2, 0.25) is 0 Å². The lowest BCUT2D eigenvalue weighted by molar-refractivity contribution is -0.0599. The van der Waals surface area contributed by atoms with E-state index in [1.165, 1.54) is 0 Å². The van der Waals surface area contributed by atoms with Crippen LogP contribution in [0.4, 0.5) is 0 Å². The quantitative estimate of drug-likeness (QED) is 0.646. The monoisotopic (exact) mass is 317 g/mol. The van der Waals surface area contributed by atoms with E-state index in [0.29, 0.717) is 29.0 Å². The first-order valence-corrected chi connectivity index (χ1v) is 7.78. The number of nitrogens with zero attached hydrogens (tertiary/aromatic N) is 3. The van der Waals surface area contributed by atoms with Crippen molar-refractivity contribution >= 4 is 10.9 Å². The van der Waals surface area contributed by atoms with Gasteiger partial charge in [-0.25, -0.2) is 9.97 Å². The summed E-state index contributed by atoms with van der Waals surface area (Å²) in [5.74, 6) is 6.76. The summed E-state index contributed by atoms with van der Waals surface area (Å²) in [5.41, 5.74) is 2.10. The maximum Gasteiger partial charge on any atom is 0.261 e. The molecule has 0 bridgehead atoms. The van der Waals surface area contributed by atoms with Crippen LogP contribution in [-0.4, -0.2) is 21.1 Å². The number of pyridine rings is 1. The molecule has 1 aliphatic heterocycles. The second-order valence-electron chi connectivity index (χ2n) is 5.68. The van der Waals surface area contributed by atoms with Crippen LogP contribution in [0, 0.1) is 11.8 Å². The van der Waals surface area contributed by atoms with Gasteiger partial charge in [-0.05, 0) is 36.3 Å². The molecule has 1 fully saturated rings. The Hall–Kier alpha value is -2.97. The van der Waals surface area contributed by atoms with Crippen molar-refractivity contribution in [2.45, 2.75) is 12.5 Å². The molecule has 0 saturated carbocycles. The summed E-state index contributed by atoms with van der Waals surface area (Å²) < 4.78 is 7.05. The van der Waals surface area contributed by atoms with Crippen LogP contribution in [-0.2, 0) is 11.8 Å². The lowest BCUT2D eigenvalue weighted by Gasteiger charge is -2.27. The number of benzene rings is 1. The molecule has 0 aliphatic carbocycles. The zero-order chi connectivity index (χ0) is 16.5. The fourth-order valence-electron chi connectivity index (χ4n) is 2.67. The highest BCUT2D eigenvalue weighted by Crippen LogP contribution is 2.27. The van der Waals surface area contributed by atoms with Crippen molar-refractivity contribution in [3.05, 3.63) is 70.0 Å². The van der Waals surface area contributed by atoms with Crippen LogP contribution in [0.1, 0.15) is 29.6 Å². The number of ether oxygens (including phenoxy) is 1. The van der Waals surface area contributed by atoms with Crippen LogP contribution in [0.25, 0.3) is 10.9 Å². The van der Waals surface area contributed by atoms with Crippen LogP contribution >= 0.6 is 0 Å². The normalized spacial score (nSPS) is 16.3. The standard InChI is InChI=1S/C19H15N3O2/c1-22-18(17-9-11-24-17)21-16-12-13(6-8-15(16)19(22)23)5-7-14-4-2-3-10-20-14/h2-4,6,8,10,12,17H,9,11H2,1H3. The minimum absolute atomic E-state index is 0.0604. The molecular formula is C19H15N3O2. The molecule has 1 unspecified atom stereocenters. The summed E-state index contributed by atoms with van der Waals surface area (Å²) in [5, 5.41) is 0.587. The molecule has 118 valence electrons. The Labute approximate surface area is 138 Å². The van der Waals surface area contributed by atoms with E-state index in [1.807, 2.05) is 30.3 Å². The minimum Gasteiger partial charge on any atom is -0.370 e. The SMILES string of the molecule is Cn1c(C2CCO2)nc2cc(C#Cc3ccccn3)ccc2c1=O. The number of fused-ring (bicyclic) bond motifs is 1. The van der Waals surface area contributed by atoms with Gasteiger partial charge in [0.1, 0.15) is 17.6 Å². The van der Waals surface area contributed by atoms with Gasteiger partial charge >= 0.3 is 0 Å². The number of rotatable bonds is 1. The van der Waals surface area contributed by atoms with Gasteiger partial charge in [0.2, 0.25) is 0 Å². The second-order valence-corrected chi connectivity index (χ2v) is 5.68. The maximum atomic E-state index is 12.5. The first-order chi connectivity index (χ1) is 11.7. The van der Waals surface area contributed by atoms with Crippen LogP contribution in [0.5, 0.6) is 0 Å². The fraction of sp³-hybridized carbons (Fsp3) is 0.211. The van der Waals surface area contributed by atoms with Crippen molar-refractivity contribution < 1.29 is 4.74 Å². The molecular weight excluding hydrogens is 302 g/mol. The van der Waals surface area contributed by atoms with Crippen molar-refractivity contribution in [3.8, 4) is 11.8 Å². The molecule has 5 heteroatoms. The predicted octanol–water partition coefficient (Wildman–Crippen LogP) is 2.19. The van der Waals surface area contributed by atoms with Crippen LogP contribution < -0.4 is 5.56 Å². The molecule has 0 amide bonds. The lowest BCUT2D eigenvalue weighted by Crippen LogP contribution is -2.29. The topological polar surface area (TPSA) is 57.0 Å². The second kappa shape index (κ2) is 5.91. The van der Waals surface area contributed by atoms with E-state index in [9.17, 15) is 4.79 Å². The fourth-order valence-corrected chi connectivity index (χ4v) is 2.67. The Balaban J connectivity index is 1.79. The van der Waals surface area contributed by atoms with Crippen molar-refractivity contribution in [2.75, 3.05) is 6.61 Å². The van der Waals surface area contributed by atoms with E-state index in [2.05, 4.69) is 21.8 Å². The first kappa shape index (κ1) is 14.6. The summed E-state index contributed by atoms with van der Waals surface area (Å²) in [7, 11) is 1.74. The molecule has 3 aromatic rings. The van der Waals surface area contributed by atoms with Gasteiger partial charge in [-0.3, -0.25) is 9.36 Å². The summed E-state index contributed by atoms with van der Waals surface area (Å²) in [6, 6.07) is 11.1. The van der Waals surface area contributed by atoms with Crippen LogP contribution in [0.15, 0.2) is 47.4 Å². The van der Waals surface area contributed by atoms with Gasteiger partial charge in [-0.15, -0.1) is 0 Å². The van der Waals surface area contributed by atoms with E-state index in [0.717, 1.165) is 12.0 Å². The van der Waals surface area contributed by atoms with Gasteiger partial charge < -0.3 is 4.74 Å². The Morgan fingerprint density at radius 2 is 2.12 bits per heavy atom. The Morgan fingerprint density at radius 1 is 1.25 bits per heavy atom. The molecule has 1 saturated heterocycles. The van der Waals surface area contributed by atoms with E-state index >= 15 is 0 Å². The molecule has 3 heterocycles. The Morgan fingerprint density at radius 3 is 2.83 bits per heavy atom. The van der Waals surface area contributed by atoms with E-state index < -0.39 is 0 Å². The van der Waals surface area contributed by atoms with Gasteiger partial charge in [0.15, 0.2) is 0 Å². The third-order valence-corrected chi connectivity index (χ3v) is 4.10. The van der Waals surface area contributed by atoms with Crippen LogP contribution in [0.3, 0.4) is 0 Å². The summed E-state index contributed by atoms with van der Waals surface area (Å²) in [6.07, 6.45) is 2.52. The lowest BCUT2D eigenvalue weighted by atomic mass is 10.1. The average Bonchev–Trinajstić information content (AvgIpc) is 2.57. The van der Waals surface area contributed by atoms with E-state index in [1.54, 1.807) is 23.9 Å².